The van der Waals surface area contributed by atoms with E-state index in [1.54, 1.807) is 36.4 Å². The van der Waals surface area contributed by atoms with Crippen molar-refractivity contribution in [3.63, 3.8) is 0 Å². The molecule has 0 aliphatic heterocycles. The molecule has 30 heavy (non-hydrogen) atoms. The fourth-order valence-electron chi connectivity index (χ4n) is 3.19. The monoisotopic (exact) mass is 435 g/mol. The number of nitrogens with one attached hydrogen (secondary N) is 1. The summed E-state index contributed by atoms with van der Waals surface area (Å²) in [5.74, 6) is -0.439. The molecule has 4 rings (SSSR count). The van der Waals surface area contributed by atoms with E-state index in [9.17, 15) is 9.59 Å². The summed E-state index contributed by atoms with van der Waals surface area (Å²) in [4.78, 5) is 25.5. The van der Waals surface area contributed by atoms with Gasteiger partial charge in [-0.25, -0.2) is 0 Å². The highest BCUT2D eigenvalue weighted by Gasteiger charge is 2.32. The van der Waals surface area contributed by atoms with Crippen molar-refractivity contribution < 1.29 is 9.59 Å². The Bertz CT molecular complexity index is 1130. The van der Waals surface area contributed by atoms with Crippen molar-refractivity contribution in [1.82, 2.24) is 5.32 Å². The van der Waals surface area contributed by atoms with Gasteiger partial charge in [-0.3, -0.25) is 9.59 Å². The van der Waals surface area contributed by atoms with Crippen molar-refractivity contribution >= 4 is 41.0 Å². The second-order valence-corrected chi connectivity index (χ2v) is 8.05. The molecule has 5 heteroatoms. The van der Waals surface area contributed by atoms with Gasteiger partial charge in [0.2, 0.25) is 0 Å². The maximum Gasteiger partial charge on any atom is 0.255 e. The molecule has 0 atom stereocenters. The van der Waals surface area contributed by atoms with Crippen LogP contribution < -0.4 is 5.32 Å². The van der Waals surface area contributed by atoms with Gasteiger partial charge in [-0.05, 0) is 60.4 Å². The zero-order valence-corrected chi connectivity index (χ0v) is 17.6. The molecule has 1 fully saturated rings. The average Bonchev–Trinajstić information content (AvgIpc) is 3.61. The fraction of sp³-hybridized carbons (Fsp3) is 0.120. The van der Waals surface area contributed by atoms with Crippen molar-refractivity contribution in [2.24, 2.45) is 5.92 Å². The zero-order valence-electron chi connectivity index (χ0n) is 16.1. The molecule has 1 aliphatic carbocycles. The number of halogens is 2. The van der Waals surface area contributed by atoms with Gasteiger partial charge >= 0.3 is 0 Å². The summed E-state index contributed by atoms with van der Waals surface area (Å²) < 4.78 is 0. The first-order valence-electron chi connectivity index (χ1n) is 9.69. The first kappa shape index (κ1) is 20.4. The van der Waals surface area contributed by atoms with Crippen molar-refractivity contribution in [1.29, 1.82) is 0 Å². The van der Waals surface area contributed by atoms with Gasteiger partial charge in [-0.1, -0.05) is 65.7 Å². The zero-order chi connectivity index (χ0) is 21.1. The van der Waals surface area contributed by atoms with Crippen LogP contribution in [0.4, 0.5) is 0 Å². The fourth-order valence-corrected chi connectivity index (χ4v) is 3.61. The molecule has 3 aromatic carbocycles. The largest absolute Gasteiger partial charge is 0.319 e. The first-order valence-corrected chi connectivity index (χ1v) is 10.5. The molecule has 0 bridgehead atoms. The molecular weight excluding hydrogens is 417 g/mol. The van der Waals surface area contributed by atoms with Crippen molar-refractivity contribution in [3.05, 3.63) is 99.7 Å². The van der Waals surface area contributed by atoms with Gasteiger partial charge < -0.3 is 5.32 Å². The summed E-state index contributed by atoms with van der Waals surface area (Å²) in [7, 11) is 0. The number of carbonyl (C=O) groups excluding carboxylic acids is 2. The summed E-state index contributed by atoms with van der Waals surface area (Å²) in [5.41, 5.74) is 3.14. The molecule has 3 nitrogen and oxygen atoms in total. The second-order valence-electron chi connectivity index (χ2n) is 7.23. The van der Waals surface area contributed by atoms with Crippen LogP contribution in [0.25, 0.3) is 17.2 Å². The van der Waals surface area contributed by atoms with E-state index < -0.39 is 0 Å². The quantitative estimate of drug-likeness (QED) is 0.454. The van der Waals surface area contributed by atoms with Gasteiger partial charge in [0.1, 0.15) is 0 Å². The Kier molecular flexibility index (Phi) is 6.03. The molecular formula is C25H19Cl2NO2. The molecule has 0 aromatic heterocycles. The summed E-state index contributed by atoms with van der Waals surface area (Å²) in [6.45, 7) is 0. The van der Waals surface area contributed by atoms with E-state index in [-0.39, 0.29) is 23.3 Å². The first-order chi connectivity index (χ1) is 14.5. The minimum absolute atomic E-state index is 0.0437. The lowest BCUT2D eigenvalue weighted by atomic mass is 10.0. The molecule has 0 radical (unpaired) electrons. The number of rotatable bonds is 6. The molecule has 3 aromatic rings. The SMILES string of the molecule is O=C(N/C(=C\c1cc(-c2ccccc2Cl)ccc1Cl)C(=O)C1CC1)c1ccccc1. The van der Waals surface area contributed by atoms with Crippen molar-refractivity contribution in [2.75, 3.05) is 0 Å². The van der Waals surface area contributed by atoms with Crippen molar-refractivity contribution in [2.45, 2.75) is 12.8 Å². The topological polar surface area (TPSA) is 46.2 Å². The van der Waals surface area contributed by atoms with E-state index in [2.05, 4.69) is 5.32 Å². The van der Waals surface area contributed by atoms with Crippen LogP contribution in [0.15, 0.2) is 78.5 Å². The van der Waals surface area contributed by atoms with Crippen LogP contribution in [0.5, 0.6) is 0 Å². The van der Waals surface area contributed by atoms with E-state index in [0.717, 1.165) is 24.0 Å². The van der Waals surface area contributed by atoms with E-state index >= 15 is 0 Å². The molecule has 1 saturated carbocycles. The molecule has 0 heterocycles. The summed E-state index contributed by atoms with van der Waals surface area (Å²) in [6, 6.07) is 21.9. The maximum absolute atomic E-state index is 12.8. The number of allylic oxidation sites excluding steroid dienone is 1. The smallest absolute Gasteiger partial charge is 0.255 e. The van der Waals surface area contributed by atoms with Crippen LogP contribution in [0.2, 0.25) is 10.0 Å². The Morgan fingerprint density at radius 2 is 1.57 bits per heavy atom. The summed E-state index contributed by atoms with van der Waals surface area (Å²) in [6.07, 6.45) is 3.33. The minimum Gasteiger partial charge on any atom is -0.319 e. The van der Waals surface area contributed by atoms with Crippen LogP contribution in [0.3, 0.4) is 0 Å². The minimum atomic E-state index is -0.325. The standard InChI is InChI=1S/C25H19Cl2NO2/c26-21-13-12-18(20-8-4-5-9-22(20)27)14-19(21)15-23(24(29)16-10-11-16)28-25(30)17-6-2-1-3-7-17/h1-9,12-16H,10-11H2,(H,28,30)/b23-15-. The van der Waals surface area contributed by atoms with E-state index in [1.165, 1.54) is 0 Å². The number of ketones is 1. The number of hydrogen-bond acceptors (Lipinski definition) is 2. The van der Waals surface area contributed by atoms with Crippen LogP contribution in [0, 0.1) is 5.92 Å². The van der Waals surface area contributed by atoms with Crippen molar-refractivity contribution in [3.8, 4) is 11.1 Å². The highest BCUT2D eigenvalue weighted by Crippen LogP contribution is 2.34. The maximum atomic E-state index is 12.8. The number of amides is 1. The normalized spacial score (nSPS) is 13.7. The summed E-state index contributed by atoms with van der Waals surface area (Å²) in [5, 5.41) is 3.90. The molecule has 1 aliphatic rings. The Morgan fingerprint density at radius 3 is 2.27 bits per heavy atom. The van der Waals surface area contributed by atoms with E-state index in [0.29, 0.717) is 21.2 Å². The average molecular weight is 436 g/mol. The van der Waals surface area contributed by atoms with Gasteiger partial charge in [0.05, 0.1) is 5.70 Å². The Labute approximate surface area is 185 Å². The van der Waals surface area contributed by atoms with Gasteiger partial charge in [0.25, 0.3) is 5.91 Å². The highest BCUT2D eigenvalue weighted by molar-refractivity contribution is 6.34. The number of Topliss-reactive ketones (excluding diaryl/α,β-unsaturated/α-hetero) is 1. The van der Waals surface area contributed by atoms with Gasteiger partial charge in [-0.15, -0.1) is 0 Å². The Morgan fingerprint density at radius 1 is 0.867 bits per heavy atom. The third-order valence-corrected chi connectivity index (χ3v) is 5.65. The number of carbonyl (C=O) groups is 2. The Balaban J connectivity index is 1.71. The summed E-state index contributed by atoms with van der Waals surface area (Å²) >= 11 is 12.8. The molecule has 0 saturated heterocycles. The highest BCUT2D eigenvalue weighted by atomic mass is 35.5. The van der Waals surface area contributed by atoms with Crippen LogP contribution in [0.1, 0.15) is 28.8 Å². The molecule has 150 valence electrons. The Hall–Kier alpha value is -2.88. The van der Waals surface area contributed by atoms with Gasteiger partial charge in [0, 0.05) is 27.1 Å². The van der Waals surface area contributed by atoms with E-state index in [1.807, 2.05) is 42.5 Å². The molecule has 1 amide bonds. The number of benzene rings is 3. The van der Waals surface area contributed by atoms with Gasteiger partial charge in [0.15, 0.2) is 5.78 Å². The lowest BCUT2D eigenvalue weighted by Gasteiger charge is -2.11. The lowest BCUT2D eigenvalue weighted by Crippen LogP contribution is -2.28. The third kappa shape index (κ3) is 4.64. The molecule has 1 N–H and O–H groups in total. The lowest BCUT2D eigenvalue weighted by molar-refractivity contribution is -0.116. The second kappa shape index (κ2) is 8.86. The molecule has 0 unspecified atom stereocenters. The van der Waals surface area contributed by atoms with E-state index in [4.69, 9.17) is 23.2 Å². The van der Waals surface area contributed by atoms with Gasteiger partial charge in [-0.2, -0.15) is 0 Å². The van der Waals surface area contributed by atoms with Crippen LogP contribution in [-0.2, 0) is 4.79 Å². The predicted octanol–water partition coefficient (Wildman–Crippen LogP) is 6.41. The third-order valence-electron chi connectivity index (χ3n) is 4.98. The van der Waals surface area contributed by atoms with Crippen LogP contribution in [-0.4, -0.2) is 11.7 Å². The molecule has 0 spiro atoms. The number of hydrogen-bond donors (Lipinski definition) is 1. The van der Waals surface area contributed by atoms with Crippen LogP contribution >= 0.6 is 23.2 Å². The predicted molar refractivity (Wildman–Crippen MR) is 122 cm³/mol.